The number of hydrogen-bond donors (Lipinski definition) is 2. The molecule has 0 aromatic carbocycles. The highest BCUT2D eigenvalue weighted by molar-refractivity contribution is 8.03. The molecule has 2 aliphatic rings. The summed E-state index contributed by atoms with van der Waals surface area (Å²) in [5.41, 5.74) is 1.57. The van der Waals surface area contributed by atoms with Gasteiger partial charge in [-0.1, -0.05) is 11.8 Å². The van der Waals surface area contributed by atoms with Crippen molar-refractivity contribution in [2.75, 3.05) is 5.75 Å². The second-order valence-electron chi connectivity index (χ2n) is 7.68. The number of furan rings is 1. The van der Waals surface area contributed by atoms with Crippen LogP contribution in [0.3, 0.4) is 0 Å². The molecule has 0 radical (unpaired) electrons. The quantitative estimate of drug-likeness (QED) is 0.825. The van der Waals surface area contributed by atoms with Crippen molar-refractivity contribution in [1.82, 2.24) is 10.6 Å². The molecule has 0 bridgehead atoms. The van der Waals surface area contributed by atoms with Gasteiger partial charge >= 0.3 is 0 Å². The summed E-state index contributed by atoms with van der Waals surface area (Å²) in [4.78, 5) is 24.8. The van der Waals surface area contributed by atoms with Gasteiger partial charge in [0.1, 0.15) is 5.76 Å². The standard InChI is InChI=1S/C20H23N3O3S/c1-20(2,3)23-16(25)11-27-19-12(10-21)17(15-8-5-9-26-15)18-13(22-19)6-4-7-14(18)24/h5,8-9,17,22H,4,6-7,11H2,1-3H3,(H,23,25). The van der Waals surface area contributed by atoms with E-state index in [1.807, 2.05) is 20.8 Å². The number of ketones is 1. The number of hydrogen-bond acceptors (Lipinski definition) is 6. The van der Waals surface area contributed by atoms with E-state index in [2.05, 4.69) is 16.7 Å². The Kier molecular flexibility index (Phi) is 5.47. The molecule has 0 saturated heterocycles. The van der Waals surface area contributed by atoms with Gasteiger partial charge < -0.3 is 15.1 Å². The number of dihydropyridines is 1. The number of amides is 1. The van der Waals surface area contributed by atoms with Crippen molar-refractivity contribution in [2.24, 2.45) is 0 Å². The molecule has 7 heteroatoms. The van der Waals surface area contributed by atoms with Crippen LogP contribution in [0.1, 0.15) is 51.7 Å². The predicted molar refractivity (Wildman–Crippen MR) is 103 cm³/mol. The van der Waals surface area contributed by atoms with E-state index in [-0.39, 0.29) is 23.0 Å². The molecule has 27 heavy (non-hydrogen) atoms. The van der Waals surface area contributed by atoms with E-state index in [1.54, 1.807) is 18.4 Å². The van der Waals surface area contributed by atoms with Crippen molar-refractivity contribution in [3.05, 3.63) is 46.0 Å². The van der Waals surface area contributed by atoms with Gasteiger partial charge in [-0.3, -0.25) is 9.59 Å². The number of carbonyl (C=O) groups is 2. The van der Waals surface area contributed by atoms with Crippen LogP contribution in [0.2, 0.25) is 0 Å². The third kappa shape index (κ3) is 4.28. The molecule has 142 valence electrons. The number of thioether (sulfide) groups is 1. The van der Waals surface area contributed by atoms with Crippen LogP contribution >= 0.6 is 11.8 Å². The fraction of sp³-hybridized carbons (Fsp3) is 0.450. The normalized spacial score (nSPS) is 20.1. The Labute approximate surface area is 163 Å². The Balaban J connectivity index is 1.91. The first kappa shape index (κ1) is 19.3. The fourth-order valence-corrected chi connectivity index (χ4v) is 4.23. The van der Waals surface area contributed by atoms with Crippen LogP contribution in [0.15, 0.2) is 44.7 Å². The van der Waals surface area contributed by atoms with Gasteiger partial charge in [-0.2, -0.15) is 5.26 Å². The first-order valence-electron chi connectivity index (χ1n) is 8.95. The average molecular weight is 385 g/mol. The summed E-state index contributed by atoms with van der Waals surface area (Å²) in [6, 6.07) is 5.78. The highest BCUT2D eigenvalue weighted by atomic mass is 32.2. The van der Waals surface area contributed by atoms with Crippen molar-refractivity contribution in [3.8, 4) is 6.07 Å². The van der Waals surface area contributed by atoms with Gasteiger partial charge in [-0.05, 0) is 45.7 Å². The summed E-state index contributed by atoms with van der Waals surface area (Å²) >= 11 is 1.28. The Bertz CT molecular complexity index is 854. The van der Waals surface area contributed by atoms with Gasteiger partial charge in [-0.15, -0.1) is 0 Å². The van der Waals surface area contributed by atoms with Crippen LogP contribution in [0.4, 0.5) is 0 Å². The zero-order chi connectivity index (χ0) is 19.6. The minimum Gasteiger partial charge on any atom is -0.468 e. The third-order valence-corrected chi connectivity index (χ3v) is 5.37. The second kappa shape index (κ2) is 7.65. The predicted octanol–water partition coefficient (Wildman–Crippen LogP) is 3.36. The molecule has 2 N–H and O–H groups in total. The number of carbonyl (C=O) groups excluding carboxylic acids is 2. The maximum Gasteiger partial charge on any atom is 0.230 e. The van der Waals surface area contributed by atoms with Crippen LogP contribution in [0.5, 0.6) is 0 Å². The van der Waals surface area contributed by atoms with E-state index >= 15 is 0 Å². The number of allylic oxidation sites excluding steroid dienone is 3. The Morgan fingerprint density at radius 1 is 1.44 bits per heavy atom. The summed E-state index contributed by atoms with van der Waals surface area (Å²) in [5.74, 6) is 0.197. The molecule has 2 heterocycles. The molecule has 1 amide bonds. The minimum atomic E-state index is -0.512. The van der Waals surface area contributed by atoms with E-state index in [0.717, 1.165) is 18.5 Å². The summed E-state index contributed by atoms with van der Waals surface area (Å²) in [6.07, 6.45) is 3.55. The Hall–Kier alpha value is -2.46. The number of Topliss-reactive ketones (excluding diaryl/α,β-unsaturated/α-hetero) is 1. The minimum absolute atomic E-state index is 0.0485. The van der Waals surface area contributed by atoms with Crippen molar-refractivity contribution in [3.63, 3.8) is 0 Å². The van der Waals surface area contributed by atoms with E-state index in [1.165, 1.54) is 11.8 Å². The highest BCUT2D eigenvalue weighted by Crippen LogP contribution is 2.44. The maximum absolute atomic E-state index is 12.6. The molecular formula is C20H23N3O3S. The lowest BCUT2D eigenvalue weighted by molar-refractivity contribution is -0.120. The molecule has 0 fully saturated rings. The van der Waals surface area contributed by atoms with Crippen LogP contribution < -0.4 is 10.6 Å². The molecule has 1 aromatic rings. The first-order valence-corrected chi connectivity index (χ1v) is 9.93. The van der Waals surface area contributed by atoms with Crippen LogP contribution in [-0.2, 0) is 9.59 Å². The SMILES string of the molecule is CC(C)(C)NC(=O)CSC1=C(C#N)C(c2ccco2)C2=C(CCCC2=O)N1. The lowest BCUT2D eigenvalue weighted by atomic mass is 9.79. The molecule has 0 saturated carbocycles. The van der Waals surface area contributed by atoms with Crippen LogP contribution in [0, 0.1) is 11.3 Å². The number of nitrogens with zero attached hydrogens (tertiary/aromatic N) is 1. The average Bonchev–Trinajstić information content (AvgIpc) is 3.11. The van der Waals surface area contributed by atoms with Gasteiger partial charge in [0.15, 0.2) is 5.78 Å². The fourth-order valence-electron chi connectivity index (χ4n) is 3.37. The van der Waals surface area contributed by atoms with Crippen molar-refractivity contribution in [1.29, 1.82) is 5.26 Å². The van der Waals surface area contributed by atoms with Crippen LogP contribution in [-0.4, -0.2) is 23.0 Å². The molecule has 1 unspecified atom stereocenters. The van der Waals surface area contributed by atoms with E-state index in [4.69, 9.17) is 4.42 Å². The summed E-state index contributed by atoms with van der Waals surface area (Å²) in [5, 5.41) is 16.6. The van der Waals surface area contributed by atoms with E-state index in [0.29, 0.717) is 28.4 Å². The third-order valence-electron chi connectivity index (χ3n) is 4.35. The summed E-state index contributed by atoms with van der Waals surface area (Å²) in [6.45, 7) is 5.77. The lowest BCUT2D eigenvalue weighted by Crippen LogP contribution is -2.41. The summed E-state index contributed by atoms with van der Waals surface area (Å²) in [7, 11) is 0. The van der Waals surface area contributed by atoms with Gasteiger partial charge in [-0.25, -0.2) is 0 Å². The van der Waals surface area contributed by atoms with Crippen molar-refractivity contribution >= 4 is 23.5 Å². The maximum atomic E-state index is 12.6. The number of nitrogens with one attached hydrogen (secondary N) is 2. The second-order valence-corrected chi connectivity index (χ2v) is 8.67. The Morgan fingerprint density at radius 3 is 2.85 bits per heavy atom. The molecule has 0 spiro atoms. The van der Waals surface area contributed by atoms with Gasteiger partial charge in [0.05, 0.1) is 34.6 Å². The van der Waals surface area contributed by atoms with E-state index in [9.17, 15) is 14.9 Å². The zero-order valence-corrected chi connectivity index (χ0v) is 16.5. The molecule has 1 aromatic heterocycles. The highest BCUT2D eigenvalue weighted by Gasteiger charge is 2.38. The molecular weight excluding hydrogens is 362 g/mol. The molecule has 3 rings (SSSR count). The molecule has 1 aliphatic carbocycles. The van der Waals surface area contributed by atoms with E-state index < -0.39 is 5.92 Å². The zero-order valence-electron chi connectivity index (χ0n) is 15.7. The largest absolute Gasteiger partial charge is 0.468 e. The van der Waals surface area contributed by atoms with Gasteiger partial charge in [0.25, 0.3) is 0 Å². The number of rotatable bonds is 4. The van der Waals surface area contributed by atoms with Crippen molar-refractivity contribution in [2.45, 2.75) is 51.5 Å². The monoisotopic (exact) mass is 385 g/mol. The summed E-state index contributed by atoms with van der Waals surface area (Å²) < 4.78 is 5.55. The number of nitriles is 1. The first-order chi connectivity index (χ1) is 12.8. The van der Waals surface area contributed by atoms with Crippen LogP contribution in [0.25, 0.3) is 0 Å². The molecule has 6 nitrogen and oxygen atoms in total. The topological polar surface area (TPSA) is 95.1 Å². The lowest BCUT2D eigenvalue weighted by Gasteiger charge is -2.32. The molecule has 1 aliphatic heterocycles. The van der Waals surface area contributed by atoms with Gasteiger partial charge in [0.2, 0.25) is 5.91 Å². The van der Waals surface area contributed by atoms with Crippen molar-refractivity contribution < 1.29 is 14.0 Å². The van der Waals surface area contributed by atoms with Gasteiger partial charge in [0, 0.05) is 23.2 Å². The Morgan fingerprint density at radius 2 is 2.22 bits per heavy atom. The smallest absolute Gasteiger partial charge is 0.230 e. The molecule has 1 atom stereocenters.